The number of likely N-dealkylation sites (tertiary alicyclic amines) is 1. The van der Waals surface area contributed by atoms with E-state index in [-0.39, 0.29) is 0 Å². The highest BCUT2D eigenvalue weighted by molar-refractivity contribution is 4.96. The van der Waals surface area contributed by atoms with Gasteiger partial charge in [0.25, 0.3) is 0 Å². The van der Waals surface area contributed by atoms with Gasteiger partial charge < -0.3 is 0 Å². The first-order valence-corrected chi connectivity index (χ1v) is 5.68. The molecule has 1 aliphatic heterocycles. The monoisotopic (exact) mass is 183 g/mol. The van der Waals surface area contributed by atoms with E-state index >= 15 is 0 Å². The van der Waals surface area contributed by atoms with Crippen molar-refractivity contribution in [2.75, 3.05) is 6.54 Å². The van der Waals surface area contributed by atoms with Crippen LogP contribution in [-0.2, 0) is 0 Å². The molecule has 0 aromatic heterocycles. The lowest BCUT2D eigenvalue weighted by atomic mass is 9.80. The summed E-state index contributed by atoms with van der Waals surface area (Å²) in [6.45, 7) is 13.1. The molecule has 0 aliphatic carbocycles. The summed E-state index contributed by atoms with van der Waals surface area (Å²) in [4.78, 5) is 2.70. The average molecular weight is 183 g/mol. The molecule has 0 radical (unpaired) electrons. The fraction of sp³-hybridized carbons (Fsp3) is 1.00. The molecule has 1 heteroatoms. The van der Waals surface area contributed by atoms with Gasteiger partial charge in [-0.05, 0) is 59.9 Å². The standard InChI is InChI=1S/C12H25N/c1-6-10-13-11(2,3)8-7-9-12(13,4)5/h6-10H2,1-5H3. The molecule has 0 N–H and O–H groups in total. The van der Waals surface area contributed by atoms with Crippen LogP contribution >= 0.6 is 0 Å². The normalized spacial score (nSPS) is 27.5. The van der Waals surface area contributed by atoms with Crippen LogP contribution in [0.5, 0.6) is 0 Å². The lowest BCUT2D eigenvalue weighted by Crippen LogP contribution is -2.58. The van der Waals surface area contributed by atoms with Crippen LogP contribution in [0.15, 0.2) is 0 Å². The molecular formula is C12H25N. The van der Waals surface area contributed by atoms with E-state index in [1.807, 2.05) is 0 Å². The Labute approximate surface area is 83.5 Å². The summed E-state index contributed by atoms with van der Waals surface area (Å²) >= 11 is 0. The van der Waals surface area contributed by atoms with Gasteiger partial charge in [-0.25, -0.2) is 0 Å². The molecule has 0 unspecified atom stereocenters. The second-order valence-corrected chi connectivity index (χ2v) is 5.63. The zero-order valence-electron chi connectivity index (χ0n) is 9.98. The number of rotatable bonds is 2. The predicted octanol–water partition coefficient (Wildman–Crippen LogP) is 3.44. The van der Waals surface area contributed by atoms with Gasteiger partial charge in [-0.2, -0.15) is 0 Å². The second kappa shape index (κ2) is 3.61. The highest BCUT2D eigenvalue weighted by Crippen LogP contribution is 2.37. The van der Waals surface area contributed by atoms with Gasteiger partial charge in [-0.3, -0.25) is 4.90 Å². The van der Waals surface area contributed by atoms with Gasteiger partial charge in [-0.1, -0.05) is 6.92 Å². The minimum atomic E-state index is 0.414. The van der Waals surface area contributed by atoms with Crippen LogP contribution in [0, 0.1) is 0 Å². The average Bonchev–Trinajstić information content (AvgIpc) is 1.96. The van der Waals surface area contributed by atoms with E-state index in [0.717, 1.165) is 0 Å². The Kier molecular flexibility index (Phi) is 3.06. The van der Waals surface area contributed by atoms with E-state index in [4.69, 9.17) is 0 Å². The first-order valence-electron chi connectivity index (χ1n) is 5.68. The van der Waals surface area contributed by atoms with Crippen LogP contribution in [0.4, 0.5) is 0 Å². The Balaban J connectivity index is 2.78. The van der Waals surface area contributed by atoms with Crippen molar-refractivity contribution in [1.82, 2.24) is 4.90 Å². The first-order chi connectivity index (χ1) is 5.90. The van der Waals surface area contributed by atoms with Crippen LogP contribution in [0.1, 0.15) is 60.3 Å². The van der Waals surface area contributed by atoms with Gasteiger partial charge in [0.2, 0.25) is 0 Å². The summed E-state index contributed by atoms with van der Waals surface area (Å²) in [6, 6.07) is 0. The van der Waals surface area contributed by atoms with Crippen LogP contribution in [0.3, 0.4) is 0 Å². The van der Waals surface area contributed by atoms with Gasteiger partial charge in [0.1, 0.15) is 0 Å². The summed E-state index contributed by atoms with van der Waals surface area (Å²) in [5.41, 5.74) is 0.829. The zero-order chi connectivity index (χ0) is 10.1. The molecule has 1 rings (SSSR count). The van der Waals surface area contributed by atoms with Crippen molar-refractivity contribution in [3.8, 4) is 0 Å². The molecule has 0 saturated carbocycles. The maximum absolute atomic E-state index is 2.70. The molecule has 0 amide bonds. The Morgan fingerprint density at radius 3 is 1.85 bits per heavy atom. The van der Waals surface area contributed by atoms with Crippen molar-refractivity contribution in [2.45, 2.75) is 71.4 Å². The summed E-state index contributed by atoms with van der Waals surface area (Å²) in [7, 11) is 0. The van der Waals surface area contributed by atoms with E-state index in [1.54, 1.807) is 0 Å². The fourth-order valence-corrected chi connectivity index (χ4v) is 2.87. The minimum Gasteiger partial charge on any atom is -0.293 e. The minimum absolute atomic E-state index is 0.414. The number of hydrogen-bond donors (Lipinski definition) is 0. The molecule has 1 saturated heterocycles. The summed E-state index contributed by atoms with van der Waals surface area (Å²) < 4.78 is 0. The van der Waals surface area contributed by atoms with Crippen LogP contribution in [-0.4, -0.2) is 22.5 Å². The third kappa shape index (κ3) is 2.25. The van der Waals surface area contributed by atoms with Gasteiger partial charge in [0, 0.05) is 11.1 Å². The Hall–Kier alpha value is -0.0400. The Bertz CT molecular complexity index is 154. The third-order valence-electron chi connectivity index (χ3n) is 3.49. The predicted molar refractivity (Wildman–Crippen MR) is 59.0 cm³/mol. The molecule has 0 spiro atoms. The van der Waals surface area contributed by atoms with Gasteiger partial charge in [-0.15, -0.1) is 0 Å². The lowest BCUT2D eigenvalue weighted by molar-refractivity contribution is -0.0262. The van der Waals surface area contributed by atoms with Crippen molar-refractivity contribution < 1.29 is 0 Å². The van der Waals surface area contributed by atoms with Crippen molar-refractivity contribution >= 4 is 0 Å². The van der Waals surface area contributed by atoms with Crippen molar-refractivity contribution in [3.63, 3.8) is 0 Å². The molecule has 0 atom stereocenters. The van der Waals surface area contributed by atoms with Crippen LogP contribution < -0.4 is 0 Å². The van der Waals surface area contributed by atoms with Crippen molar-refractivity contribution in [2.24, 2.45) is 0 Å². The number of nitrogens with zero attached hydrogens (tertiary/aromatic N) is 1. The maximum atomic E-state index is 2.70. The second-order valence-electron chi connectivity index (χ2n) is 5.63. The first kappa shape index (κ1) is 11.0. The largest absolute Gasteiger partial charge is 0.293 e. The molecule has 1 nitrogen and oxygen atoms in total. The molecule has 1 heterocycles. The van der Waals surface area contributed by atoms with Crippen molar-refractivity contribution in [1.29, 1.82) is 0 Å². The molecule has 0 aromatic rings. The van der Waals surface area contributed by atoms with E-state index in [1.165, 1.54) is 32.2 Å². The molecule has 13 heavy (non-hydrogen) atoms. The van der Waals surface area contributed by atoms with Gasteiger partial charge in [0.15, 0.2) is 0 Å². The Morgan fingerprint density at radius 1 is 1.00 bits per heavy atom. The van der Waals surface area contributed by atoms with Gasteiger partial charge in [0.05, 0.1) is 0 Å². The highest BCUT2D eigenvalue weighted by Gasteiger charge is 2.40. The maximum Gasteiger partial charge on any atom is 0.0158 e. The molecule has 78 valence electrons. The fourth-order valence-electron chi connectivity index (χ4n) is 2.87. The molecular weight excluding hydrogens is 158 g/mol. The summed E-state index contributed by atoms with van der Waals surface area (Å²) in [5.74, 6) is 0. The number of piperidine rings is 1. The summed E-state index contributed by atoms with van der Waals surface area (Å²) in [5, 5.41) is 0. The van der Waals surface area contributed by atoms with E-state index in [9.17, 15) is 0 Å². The molecule has 1 fully saturated rings. The number of hydrogen-bond acceptors (Lipinski definition) is 1. The van der Waals surface area contributed by atoms with Crippen molar-refractivity contribution in [3.05, 3.63) is 0 Å². The molecule has 0 aromatic carbocycles. The van der Waals surface area contributed by atoms with E-state index < -0.39 is 0 Å². The smallest absolute Gasteiger partial charge is 0.0158 e. The summed E-state index contributed by atoms with van der Waals surface area (Å²) in [6.07, 6.45) is 5.37. The topological polar surface area (TPSA) is 3.24 Å². The van der Waals surface area contributed by atoms with E-state index in [2.05, 4.69) is 39.5 Å². The SMILES string of the molecule is CCCN1C(C)(C)CCCC1(C)C. The van der Waals surface area contributed by atoms with Crippen LogP contribution in [0.25, 0.3) is 0 Å². The van der Waals surface area contributed by atoms with E-state index in [0.29, 0.717) is 11.1 Å². The quantitative estimate of drug-likeness (QED) is 0.634. The van der Waals surface area contributed by atoms with Gasteiger partial charge >= 0.3 is 0 Å². The Morgan fingerprint density at radius 2 is 1.46 bits per heavy atom. The third-order valence-corrected chi connectivity index (χ3v) is 3.49. The molecule has 0 bridgehead atoms. The lowest BCUT2D eigenvalue weighted by Gasteiger charge is -2.53. The highest BCUT2D eigenvalue weighted by atomic mass is 15.3. The molecule has 1 aliphatic rings. The zero-order valence-corrected chi connectivity index (χ0v) is 9.98. The van der Waals surface area contributed by atoms with Crippen LogP contribution in [0.2, 0.25) is 0 Å².